The highest BCUT2D eigenvalue weighted by Crippen LogP contribution is 2.26. The Morgan fingerprint density at radius 3 is 2.03 bits per heavy atom. The zero-order valence-corrected chi connectivity index (χ0v) is 24.9. The zero-order chi connectivity index (χ0) is 27.8. The molecular weight excluding hydrogens is 436 g/mol. The highest BCUT2D eigenvalue weighted by Gasteiger charge is 2.12. The second-order valence-corrected chi connectivity index (χ2v) is 9.76. The van der Waals surface area contributed by atoms with Crippen LogP contribution in [0.4, 0.5) is 0 Å². The van der Waals surface area contributed by atoms with E-state index in [1.54, 1.807) is 0 Å². The Morgan fingerprint density at radius 1 is 0.944 bits per heavy atom. The van der Waals surface area contributed by atoms with Crippen molar-refractivity contribution in [3.63, 3.8) is 0 Å². The van der Waals surface area contributed by atoms with E-state index in [0.717, 1.165) is 18.8 Å². The Hall–Kier alpha value is -2.53. The molecule has 2 nitrogen and oxygen atoms in total. The molecule has 0 aliphatic carbocycles. The number of aryl methyl sites for hydroxylation is 1. The SMILES string of the molecule is C#C.C/C1=C/C(c2ccccc2C)=C\C(C)C(C)C=NC1.C=C(C)NCCCCC.CCCCCC. The summed E-state index contributed by atoms with van der Waals surface area (Å²) < 4.78 is 0. The molecule has 2 atom stereocenters. The summed E-state index contributed by atoms with van der Waals surface area (Å²) in [5.74, 6) is 0.985. The molecule has 2 rings (SSSR count). The number of unbranched alkanes of at least 4 members (excludes halogenated alkanes) is 5. The average molecular weight is 493 g/mol. The first kappa shape index (κ1) is 35.6. The molecule has 2 unspecified atom stereocenters. The highest BCUT2D eigenvalue weighted by atomic mass is 14.9. The summed E-state index contributed by atoms with van der Waals surface area (Å²) in [5.41, 5.74) is 6.39. The Balaban J connectivity index is 0. The van der Waals surface area contributed by atoms with Gasteiger partial charge in [-0.3, -0.25) is 4.99 Å². The molecule has 0 fully saturated rings. The van der Waals surface area contributed by atoms with Gasteiger partial charge >= 0.3 is 0 Å². The minimum Gasteiger partial charge on any atom is -0.389 e. The normalized spacial score (nSPS) is 19.4. The van der Waals surface area contributed by atoms with Crippen LogP contribution >= 0.6 is 0 Å². The van der Waals surface area contributed by atoms with Crippen molar-refractivity contribution in [1.82, 2.24) is 5.32 Å². The molecule has 36 heavy (non-hydrogen) atoms. The van der Waals surface area contributed by atoms with Crippen LogP contribution in [-0.4, -0.2) is 19.3 Å². The van der Waals surface area contributed by atoms with Crippen molar-refractivity contribution in [1.29, 1.82) is 0 Å². The van der Waals surface area contributed by atoms with E-state index in [1.807, 2.05) is 6.92 Å². The van der Waals surface area contributed by atoms with Gasteiger partial charge < -0.3 is 5.32 Å². The van der Waals surface area contributed by atoms with Gasteiger partial charge in [-0.15, -0.1) is 12.8 Å². The van der Waals surface area contributed by atoms with Crippen molar-refractivity contribution < 1.29 is 0 Å². The molecule has 0 aromatic heterocycles. The molecule has 0 spiro atoms. The number of aliphatic imine (C=N–C) groups is 1. The molecule has 1 aromatic carbocycles. The summed E-state index contributed by atoms with van der Waals surface area (Å²) in [4.78, 5) is 4.53. The lowest BCUT2D eigenvalue weighted by Gasteiger charge is -2.14. The van der Waals surface area contributed by atoms with Crippen molar-refractivity contribution >= 4 is 11.8 Å². The molecule has 1 aromatic rings. The van der Waals surface area contributed by atoms with Gasteiger partial charge in [-0.05, 0) is 55.7 Å². The van der Waals surface area contributed by atoms with Crippen LogP contribution in [0, 0.1) is 31.6 Å². The van der Waals surface area contributed by atoms with Crippen LogP contribution in [0.5, 0.6) is 0 Å². The minimum atomic E-state index is 0.485. The number of benzene rings is 1. The fourth-order valence-electron chi connectivity index (χ4n) is 3.53. The van der Waals surface area contributed by atoms with Crippen molar-refractivity contribution in [3.8, 4) is 12.8 Å². The first-order valence-electron chi connectivity index (χ1n) is 13.9. The largest absolute Gasteiger partial charge is 0.389 e. The monoisotopic (exact) mass is 492 g/mol. The fourth-order valence-corrected chi connectivity index (χ4v) is 3.53. The van der Waals surface area contributed by atoms with E-state index in [-0.39, 0.29) is 0 Å². The van der Waals surface area contributed by atoms with Crippen LogP contribution < -0.4 is 5.32 Å². The Kier molecular flexibility index (Phi) is 23.9. The Morgan fingerprint density at radius 2 is 1.50 bits per heavy atom. The molecule has 2 heteroatoms. The molecule has 0 radical (unpaired) electrons. The van der Waals surface area contributed by atoms with E-state index in [2.05, 4.69) is 121 Å². The number of nitrogens with one attached hydrogen (secondary N) is 1. The van der Waals surface area contributed by atoms with Gasteiger partial charge in [0.25, 0.3) is 0 Å². The zero-order valence-electron chi connectivity index (χ0n) is 24.9. The number of terminal acetylenes is 1. The van der Waals surface area contributed by atoms with Crippen molar-refractivity contribution in [3.05, 3.63) is 65.4 Å². The van der Waals surface area contributed by atoms with Crippen LogP contribution in [0.1, 0.15) is 105 Å². The maximum absolute atomic E-state index is 4.53. The molecule has 0 bridgehead atoms. The molecule has 0 amide bonds. The molecule has 1 N–H and O–H groups in total. The first-order valence-corrected chi connectivity index (χ1v) is 13.9. The molecule has 0 saturated carbocycles. The van der Waals surface area contributed by atoms with Gasteiger partial charge in [-0.2, -0.15) is 0 Å². The molecule has 1 aliphatic heterocycles. The Labute approximate surface area is 225 Å². The standard InChI is InChI=1S/C18H23N.C8H17N.C6H14.C2H2/c1-13-9-17(18-8-6-5-7-14(18)2)10-15(3)16(4)12-19-11-13;1-4-5-6-7-9-8(2)3;1-3-5-6-4-2;1-2/h5-10,12,15-16H,11H2,1-4H3;9H,2,4-7H2,1,3H3;3-6H2,1-2H3;1-2H/b13-9-,17-10+,19-12?;;;. The summed E-state index contributed by atoms with van der Waals surface area (Å²) in [7, 11) is 0. The topological polar surface area (TPSA) is 24.4 Å². The van der Waals surface area contributed by atoms with Gasteiger partial charge in [0.1, 0.15) is 0 Å². The highest BCUT2D eigenvalue weighted by molar-refractivity contribution is 5.77. The number of nitrogens with zero attached hydrogens (tertiary/aromatic N) is 1. The Bertz CT molecular complexity index is 790. The fraction of sp³-hybridized carbons (Fsp3) is 0.559. The van der Waals surface area contributed by atoms with Crippen molar-refractivity contribution in [2.45, 2.75) is 100 Å². The van der Waals surface area contributed by atoms with Gasteiger partial charge in [0.05, 0.1) is 6.54 Å². The van der Waals surface area contributed by atoms with E-state index in [0.29, 0.717) is 11.8 Å². The number of hydrogen-bond donors (Lipinski definition) is 1. The van der Waals surface area contributed by atoms with Crippen LogP contribution in [-0.2, 0) is 0 Å². The number of hydrogen-bond acceptors (Lipinski definition) is 2. The average Bonchev–Trinajstić information content (AvgIpc) is 2.92. The van der Waals surface area contributed by atoms with Gasteiger partial charge in [0.15, 0.2) is 0 Å². The summed E-state index contributed by atoms with van der Waals surface area (Å²) in [6.45, 7) is 23.1. The maximum atomic E-state index is 4.53. The quantitative estimate of drug-likeness (QED) is 0.269. The van der Waals surface area contributed by atoms with Gasteiger partial charge in [0.2, 0.25) is 0 Å². The maximum Gasteiger partial charge on any atom is 0.0596 e. The second-order valence-electron chi connectivity index (χ2n) is 9.76. The third-order valence-electron chi connectivity index (χ3n) is 5.98. The number of allylic oxidation sites excluding steroid dienone is 4. The molecule has 1 aliphatic rings. The van der Waals surface area contributed by atoms with E-state index in [4.69, 9.17) is 0 Å². The number of rotatable bonds is 9. The van der Waals surface area contributed by atoms with Crippen molar-refractivity contribution in [2.75, 3.05) is 13.1 Å². The summed E-state index contributed by atoms with van der Waals surface area (Å²) in [6, 6.07) is 8.60. The van der Waals surface area contributed by atoms with E-state index < -0.39 is 0 Å². The predicted octanol–water partition coefficient (Wildman–Crippen LogP) is 9.82. The van der Waals surface area contributed by atoms with E-state index in [9.17, 15) is 0 Å². The van der Waals surface area contributed by atoms with Crippen LogP contribution in [0.3, 0.4) is 0 Å². The van der Waals surface area contributed by atoms with Gasteiger partial charge in [-0.1, -0.05) is 122 Å². The smallest absolute Gasteiger partial charge is 0.0596 e. The van der Waals surface area contributed by atoms with Crippen LogP contribution in [0.15, 0.2) is 59.3 Å². The summed E-state index contributed by atoms with van der Waals surface area (Å²) >= 11 is 0. The summed E-state index contributed by atoms with van der Waals surface area (Å²) in [5, 5.41) is 3.19. The van der Waals surface area contributed by atoms with Crippen LogP contribution in [0.2, 0.25) is 0 Å². The lowest BCUT2D eigenvalue weighted by molar-refractivity contribution is 0.600. The lowest BCUT2D eigenvalue weighted by atomic mass is 9.91. The predicted molar refractivity (Wildman–Crippen MR) is 167 cm³/mol. The molecule has 202 valence electrons. The van der Waals surface area contributed by atoms with E-state index in [1.165, 1.54) is 67.2 Å². The van der Waals surface area contributed by atoms with Crippen LogP contribution in [0.25, 0.3) is 5.57 Å². The first-order chi connectivity index (χ1) is 17.3. The van der Waals surface area contributed by atoms with Gasteiger partial charge in [-0.25, -0.2) is 0 Å². The third-order valence-corrected chi connectivity index (χ3v) is 5.98. The second kappa shape index (κ2) is 24.2. The van der Waals surface area contributed by atoms with E-state index >= 15 is 0 Å². The molecule has 0 saturated heterocycles. The summed E-state index contributed by atoms with van der Waals surface area (Å²) in [6.07, 6.45) is 24.2. The van der Waals surface area contributed by atoms with Crippen molar-refractivity contribution in [2.24, 2.45) is 16.8 Å². The van der Waals surface area contributed by atoms with Gasteiger partial charge in [0, 0.05) is 18.5 Å². The lowest BCUT2D eigenvalue weighted by Crippen LogP contribution is -2.10. The minimum absolute atomic E-state index is 0.485. The molecular formula is C34H56N2. The third kappa shape index (κ3) is 18.8. The molecule has 1 heterocycles.